The van der Waals surface area contributed by atoms with E-state index >= 15 is 0 Å². The lowest BCUT2D eigenvalue weighted by molar-refractivity contribution is -0.145. The van der Waals surface area contributed by atoms with E-state index < -0.39 is 24.7 Å². The van der Waals surface area contributed by atoms with Gasteiger partial charge in [-0.2, -0.15) is 0 Å². The average Bonchev–Trinajstić information content (AvgIpc) is 3.70. The molecule has 288 valence electrons. The number of aromatic nitrogens is 4. The number of amides is 1. The van der Waals surface area contributed by atoms with Crippen molar-refractivity contribution in [2.75, 3.05) is 57.7 Å². The Hall–Kier alpha value is -4.78. The largest absolute Gasteiger partial charge is 0.363 e. The molecule has 56 heavy (non-hydrogen) atoms. The summed E-state index contributed by atoms with van der Waals surface area (Å²) in [5.74, 6) is -0.0222. The Morgan fingerprint density at radius 2 is 1.39 bits per heavy atom. The van der Waals surface area contributed by atoms with Crippen molar-refractivity contribution in [3.63, 3.8) is 0 Å². The molecule has 2 saturated heterocycles. The van der Waals surface area contributed by atoms with Crippen LogP contribution >= 0.6 is 18.1 Å². The minimum atomic E-state index is -3.67. The summed E-state index contributed by atoms with van der Waals surface area (Å²) >= 11 is 6.76. The fourth-order valence-electron chi connectivity index (χ4n) is 7.89. The lowest BCUT2D eigenvalue weighted by Crippen LogP contribution is -2.57. The van der Waals surface area contributed by atoms with Gasteiger partial charge >= 0.3 is 6.87 Å². The minimum absolute atomic E-state index is 0.0176. The Labute approximate surface area is 331 Å². The third-order valence-electron chi connectivity index (χ3n) is 10.7. The molecule has 14 heteroatoms. The Kier molecular flexibility index (Phi) is 11.4. The number of hydrogen-bond acceptors (Lipinski definition) is 9. The van der Waals surface area contributed by atoms with E-state index in [-0.39, 0.29) is 18.3 Å². The van der Waals surface area contributed by atoms with Crippen LogP contribution in [-0.2, 0) is 19.4 Å². The van der Waals surface area contributed by atoms with Gasteiger partial charge < -0.3 is 19.5 Å². The number of benzene rings is 4. The van der Waals surface area contributed by atoms with Crippen LogP contribution in [-0.4, -0.2) is 98.4 Å². The van der Waals surface area contributed by atoms with Gasteiger partial charge in [-0.3, -0.25) is 18.8 Å². The predicted molar refractivity (Wildman–Crippen MR) is 218 cm³/mol. The number of carbonyl (C=O) groups is 1. The van der Waals surface area contributed by atoms with Gasteiger partial charge in [-0.15, -0.1) is 0 Å². The molecule has 2 unspecified atom stereocenters. The molecule has 2 aromatic heterocycles. The number of anilines is 1. The van der Waals surface area contributed by atoms with Crippen molar-refractivity contribution in [1.82, 2.24) is 34.0 Å². The molecule has 8 rings (SSSR count). The van der Waals surface area contributed by atoms with Crippen molar-refractivity contribution in [2.24, 2.45) is 0 Å². The summed E-state index contributed by atoms with van der Waals surface area (Å²) in [5.41, 5.74) is 3.81. The molecule has 0 aliphatic carbocycles. The second-order valence-electron chi connectivity index (χ2n) is 13.9. The van der Waals surface area contributed by atoms with E-state index in [1.54, 1.807) is 35.3 Å². The molecule has 1 amide bonds. The number of piperazine rings is 1. The number of rotatable bonds is 12. The third kappa shape index (κ3) is 7.66. The second kappa shape index (κ2) is 16.8. The maximum absolute atomic E-state index is 14.0. The predicted octanol–water partition coefficient (Wildman–Crippen LogP) is 7.27. The van der Waals surface area contributed by atoms with Crippen LogP contribution in [0.2, 0.25) is 0 Å². The highest BCUT2D eigenvalue weighted by Gasteiger charge is 2.47. The Morgan fingerprint density at radius 3 is 1.96 bits per heavy atom. The van der Waals surface area contributed by atoms with Gasteiger partial charge in [-0.05, 0) is 46.6 Å². The quantitative estimate of drug-likeness (QED) is 0.100. The first-order chi connectivity index (χ1) is 27.4. The number of halogens is 1. The zero-order valence-electron chi connectivity index (χ0n) is 31.1. The summed E-state index contributed by atoms with van der Waals surface area (Å²) in [5, 5.41) is 2.91. The molecule has 0 spiro atoms. The number of nitrogens with zero attached hydrogens (tertiary/aromatic N) is 7. The van der Waals surface area contributed by atoms with Crippen LogP contribution in [0, 0.1) is 0 Å². The zero-order chi connectivity index (χ0) is 38.5. The molecular formula is C42H44ClN8O4P. The molecule has 0 saturated carbocycles. The van der Waals surface area contributed by atoms with E-state index in [2.05, 4.69) is 105 Å². The molecule has 6 aromatic rings. The van der Waals surface area contributed by atoms with Crippen LogP contribution in [0.5, 0.6) is 0 Å². The van der Waals surface area contributed by atoms with Crippen LogP contribution in [0.25, 0.3) is 11.2 Å². The molecule has 0 bridgehead atoms. The van der Waals surface area contributed by atoms with Crippen molar-refractivity contribution < 1.29 is 18.6 Å². The van der Waals surface area contributed by atoms with Gasteiger partial charge in [0.15, 0.2) is 17.0 Å². The third-order valence-corrected chi connectivity index (χ3v) is 13.2. The van der Waals surface area contributed by atoms with Gasteiger partial charge in [-0.1, -0.05) is 116 Å². The number of ether oxygens (including phenoxy) is 1. The first-order valence-electron chi connectivity index (χ1n) is 18.9. The SMILES string of the molecule is CCN1CCN(P(=O)(Cl)OCC2CN(C(c3ccccc3)(c3ccccc3)c3ccccc3)C[C@H](n3cnc4c(NC(=O)c5ccccc5)ncnc43)O2)CC1. The Morgan fingerprint density at radius 1 is 0.821 bits per heavy atom. The molecule has 1 N–H and O–H groups in total. The van der Waals surface area contributed by atoms with E-state index in [0.717, 1.165) is 36.3 Å². The number of carbonyl (C=O) groups excluding carboxylic acids is 1. The van der Waals surface area contributed by atoms with Gasteiger partial charge in [-0.25, -0.2) is 19.6 Å². The van der Waals surface area contributed by atoms with Crippen molar-refractivity contribution in [3.8, 4) is 0 Å². The van der Waals surface area contributed by atoms with Crippen LogP contribution in [0.3, 0.4) is 0 Å². The summed E-state index contributed by atoms with van der Waals surface area (Å²) in [7, 11) is 0. The van der Waals surface area contributed by atoms with E-state index in [1.165, 1.54) is 6.33 Å². The van der Waals surface area contributed by atoms with Crippen molar-refractivity contribution in [1.29, 1.82) is 0 Å². The molecule has 2 aliphatic heterocycles. The topological polar surface area (TPSA) is 118 Å². The highest BCUT2D eigenvalue weighted by molar-refractivity contribution is 7.83. The molecule has 2 fully saturated rings. The molecule has 3 atom stereocenters. The fourth-order valence-corrected chi connectivity index (χ4v) is 9.69. The van der Waals surface area contributed by atoms with Crippen LogP contribution in [0.4, 0.5) is 5.82 Å². The lowest BCUT2D eigenvalue weighted by atomic mass is 9.75. The smallest absolute Gasteiger partial charge is 0.350 e. The molecule has 4 heterocycles. The van der Waals surface area contributed by atoms with E-state index in [1.807, 2.05) is 28.8 Å². The summed E-state index contributed by atoms with van der Waals surface area (Å²) in [4.78, 5) is 31.6. The van der Waals surface area contributed by atoms with Crippen LogP contribution in [0.1, 0.15) is 40.2 Å². The summed E-state index contributed by atoms with van der Waals surface area (Å²) in [6, 6.07) is 40.3. The highest BCUT2D eigenvalue weighted by Crippen LogP contribution is 2.56. The van der Waals surface area contributed by atoms with Gasteiger partial charge in [0.25, 0.3) is 5.91 Å². The van der Waals surface area contributed by atoms with Crippen molar-refractivity contribution in [2.45, 2.75) is 24.8 Å². The molecule has 0 radical (unpaired) electrons. The molecule has 4 aromatic carbocycles. The normalized spacial score (nSPS) is 19.8. The van der Waals surface area contributed by atoms with Gasteiger partial charge in [0.05, 0.1) is 24.6 Å². The van der Waals surface area contributed by atoms with Gasteiger partial charge in [0.1, 0.15) is 12.6 Å². The number of hydrogen-bond donors (Lipinski definition) is 1. The van der Waals surface area contributed by atoms with Gasteiger partial charge in [0, 0.05) is 44.8 Å². The lowest BCUT2D eigenvalue weighted by Gasteiger charge is -2.50. The average molecular weight is 791 g/mol. The molecule has 12 nitrogen and oxygen atoms in total. The number of nitrogens with one attached hydrogen (secondary N) is 1. The molecule has 2 aliphatic rings. The maximum atomic E-state index is 14.0. The first kappa shape index (κ1) is 38.1. The Balaban J connectivity index is 1.19. The Bertz CT molecular complexity index is 2180. The summed E-state index contributed by atoms with van der Waals surface area (Å²) in [6.07, 6.45) is 1.85. The van der Waals surface area contributed by atoms with E-state index in [9.17, 15) is 9.36 Å². The van der Waals surface area contributed by atoms with Crippen molar-refractivity contribution in [3.05, 3.63) is 156 Å². The van der Waals surface area contributed by atoms with E-state index in [4.69, 9.17) is 25.5 Å². The van der Waals surface area contributed by atoms with Gasteiger partial charge in [0.2, 0.25) is 0 Å². The number of morpholine rings is 1. The molecular weight excluding hydrogens is 747 g/mol. The number of fused-ring (bicyclic) bond motifs is 1. The zero-order valence-corrected chi connectivity index (χ0v) is 32.8. The maximum Gasteiger partial charge on any atom is 0.363 e. The van der Waals surface area contributed by atoms with Crippen LogP contribution < -0.4 is 5.32 Å². The monoisotopic (exact) mass is 790 g/mol. The summed E-state index contributed by atoms with van der Waals surface area (Å²) < 4.78 is 30.7. The van der Waals surface area contributed by atoms with Crippen LogP contribution in [0.15, 0.2) is 134 Å². The number of likely N-dealkylation sites (N-methyl/N-ethyl adjacent to an activating group) is 1. The standard InChI is InChI=1S/C42H44ClN8O4P/c1-2-48-23-25-50(26-24-48)56(43,53)54-29-36-27-49(42(33-17-9-4-10-18-33,34-19-11-5-12-20-34)35-21-13-6-14-22-35)28-37(55-36)51-31-46-38-39(44-30-45-40(38)51)47-41(52)32-15-7-3-8-16-32/h3-22,30-31,36-37H,2,23-29H2,1H3,(H,44,45,47,52)/t36?,37-,56?/m1/s1. The highest BCUT2D eigenvalue weighted by atomic mass is 35.7. The fraction of sp³-hybridized carbons (Fsp3) is 0.286. The van der Waals surface area contributed by atoms with E-state index in [0.29, 0.717) is 42.9 Å². The second-order valence-corrected chi connectivity index (χ2v) is 16.9. The number of imidazole rings is 1. The van der Waals surface area contributed by atoms with Crippen molar-refractivity contribution >= 4 is 41.0 Å². The minimum Gasteiger partial charge on any atom is -0.350 e. The first-order valence-corrected chi connectivity index (χ1v) is 21.4. The summed E-state index contributed by atoms with van der Waals surface area (Å²) in [6.45, 7) is 2.81.